The van der Waals surface area contributed by atoms with Crippen LogP contribution in [-0.4, -0.2) is 32.6 Å². The first-order valence-electron chi connectivity index (χ1n) is 9.83. The monoisotopic (exact) mass is 340 g/mol. The summed E-state index contributed by atoms with van der Waals surface area (Å²) in [7, 11) is 0. The summed E-state index contributed by atoms with van der Waals surface area (Å²) in [4.78, 5) is 13.0. The van der Waals surface area contributed by atoms with Gasteiger partial charge in [-0.1, -0.05) is 18.2 Å². The van der Waals surface area contributed by atoms with Gasteiger partial charge < -0.3 is 5.11 Å². The van der Waals surface area contributed by atoms with Crippen molar-refractivity contribution in [1.29, 1.82) is 0 Å². The van der Waals surface area contributed by atoms with Crippen molar-refractivity contribution in [2.75, 3.05) is 0 Å². The minimum absolute atomic E-state index is 0.264. The van der Waals surface area contributed by atoms with Crippen molar-refractivity contribution in [1.82, 2.24) is 10.0 Å². The van der Waals surface area contributed by atoms with Crippen LogP contribution in [0.3, 0.4) is 0 Å². The third-order valence-electron chi connectivity index (χ3n) is 7.41. The summed E-state index contributed by atoms with van der Waals surface area (Å²) in [5.41, 5.74) is 0.425. The van der Waals surface area contributed by atoms with Crippen LogP contribution in [0.2, 0.25) is 0 Å². The maximum absolute atomic E-state index is 13.0. The van der Waals surface area contributed by atoms with Gasteiger partial charge in [0.1, 0.15) is 11.3 Å². The Hall–Kier alpha value is -1.55. The SMILES string of the molecule is CC1(C)C(=O)N(C2C3CC4CC(C3)CC2C4)N1Cc1ccccc1O. The Bertz CT molecular complexity index is 686. The molecule has 1 N–H and O–H groups in total. The van der Waals surface area contributed by atoms with E-state index in [1.165, 1.54) is 32.1 Å². The molecule has 1 aromatic rings. The average molecular weight is 340 g/mol. The van der Waals surface area contributed by atoms with E-state index in [4.69, 9.17) is 0 Å². The van der Waals surface area contributed by atoms with E-state index >= 15 is 0 Å². The Morgan fingerprint density at radius 1 is 1.04 bits per heavy atom. The second kappa shape index (κ2) is 5.23. The van der Waals surface area contributed by atoms with Crippen LogP contribution in [0.1, 0.15) is 51.5 Å². The third kappa shape index (κ3) is 2.19. The minimum atomic E-state index is -0.475. The number of nitrogens with zero attached hydrogens (tertiary/aromatic N) is 2. The topological polar surface area (TPSA) is 43.8 Å². The second-order valence-corrected chi connectivity index (χ2v) is 9.32. The zero-order valence-electron chi connectivity index (χ0n) is 15.2. The Morgan fingerprint density at radius 3 is 2.24 bits per heavy atom. The average Bonchev–Trinajstić information content (AvgIpc) is 2.57. The molecule has 0 spiro atoms. The van der Waals surface area contributed by atoms with Gasteiger partial charge in [-0.05, 0) is 75.7 Å². The first-order valence-corrected chi connectivity index (χ1v) is 9.83. The fourth-order valence-electron chi connectivity index (χ4n) is 6.40. The summed E-state index contributed by atoms with van der Waals surface area (Å²) >= 11 is 0. The molecule has 5 fully saturated rings. The lowest BCUT2D eigenvalue weighted by atomic mass is 9.53. The van der Waals surface area contributed by atoms with E-state index in [0.29, 0.717) is 30.2 Å². The van der Waals surface area contributed by atoms with Crippen LogP contribution in [0.5, 0.6) is 5.75 Å². The number of carbonyl (C=O) groups is 1. The highest BCUT2D eigenvalue weighted by molar-refractivity contribution is 5.90. The molecule has 134 valence electrons. The highest BCUT2D eigenvalue weighted by atomic mass is 16.3. The smallest absolute Gasteiger partial charge is 0.258 e. The Morgan fingerprint density at radius 2 is 1.64 bits per heavy atom. The summed E-state index contributed by atoms with van der Waals surface area (Å²) in [6.45, 7) is 4.64. The number of benzene rings is 1. The van der Waals surface area contributed by atoms with E-state index < -0.39 is 5.54 Å². The summed E-state index contributed by atoms with van der Waals surface area (Å²) < 4.78 is 0. The molecule has 1 amide bonds. The van der Waals surface area contributed by atoms with Crippen LogP contribution in [0.4, 0.5) is 0 Å². The molecular formula is C21H28N2O2. The molecule has 0 atom stereocenters. The fraction of sp³-hybridized carbons (Fsp3) is 0.667. The van der Waals surface area contributed by atoms with Crippen molar-refractivity contribution >= 4 is 5.91 Å². The molecule has 0 radical (unpaired) electrons. The second-order valence-electron chi connectivity index (χ2n) is 9.32. The largest absolute Gasteiger partial charge is 0.508 e. The fourth-order valence-corrected chi connectivity index (χ4v) is 6.40. The highest BCUT2D eigenvalue weighted by Gasteiger charge is 2.60. The van der Waals surface area contributed by atoms with E-state index in [2.05, 4.69) is 10.0 Å². The van der Waals surface area contributed by atoms with Crippen LogP contribution in [0.15, 0.2) is 24.3 Å². The van der Waals surface area contributed by atoms with Crippen LogP contribution in [0.25, 0.3) is 0 Å². The molecule has 0 unspecified atom stereocenters. The van der Waals surface area contributed by atoms with Gasteiger partial charge in [0.25, 0.3) is 5.91 Å². The van der Waals surface area contributed by atoms with E-state index in [9.17, 15) is 9.90 Å². The zero-order valence-corrected chi connectivity index (χ0v) is 15.2. The molecule has 1 saturated heterocycles. The first kappa shape index (κ1) is 15.7. The Kier molecular flexibility index (Phi) is 3.28. The van der Waals surface area contributed by atoms with E-state index in [-0.39, 0.29) is 5.91 Å². The molecule has 1 aromatic carbocycles. The Balaban J connectivity index is 1.44. The molecule has 1 aliphatic heterocycles. The standard InChI is InChI=1S/C21H28N2O2/c1-21(2)20(25)23(22(21)12-15-5-3-4-6-18(15)24)19-16-8-13-7-14(10-16)11-17(19)9-13/h3-6,13-14,16-17,19,24H,7-12H2,1-2H3. The zero-order chi connectivity index (χ0) is 17.3. The molecule has 4 heteroatoms. The number of hydrogen-bond acceptors (Lipinski definition) is 3. The molecule has 5 aliphatic rings. The normalized spacial score (nSPS) is 38.9. The van der Waals surface area contributed by atoms with Gasteiger partial charge in [0.05, 0.1) is 6.04 Å². The summed E-state index contributed by atoms with van der Waals surface area (Å²) in [5, 5.41) is 14.5. The molecule has 1 heterocycles. The number of phenolic OH excluding ortho intramolecular Hbond substituents is 1. The lowest BCUT2D eigenvalue weighted by Crippen LogP contribution is -2.79. The highest BCUT2D eigenvalue weighted by Crippen LogP contribution is 2.57. The molecule has 0 aromatic heterocycles. The van der Waals surface area contributed by atoms with Crippen molar-refractivity contribution < 1.29 is 9.90 Å². The van der Waals surface area contributed by atoms with Crippen LogP contribution >= 0.6 is 0 Å². The maximum atomic E-state index is 13.0. The quantitative estimate of drug-likeness (QED) is 0.915. The molecule has 6 rings (SSSR count). The van der Waals surface area contributed by atoms with Crippen LogP contribution in [-0.2, 0) is 11.3 Å². The molecular weight excluding hydrogens is 312 g/mol. The van der Waals surface area contributed by atoms with Crippen LogP contribution in [0, 0.1) is 23.7 Å². The lowest BCUT2D eigenvalue weighted by molar-refractivity contribution is -0.251. The predicted molar refractivity (Wildman–Crippen MR) is 95.4 cm³/mol. The van der Waals surface area contributed by atoms with Gasteiger partial charge in [-0.3, -0.25) is 9.80 Å². The predicted octanol–water partition coefficient (Wildman–Crippen LogP) is 3.55. The summed E-state index contributed by atoms with van der Waals surface area (Å²) in [6, 6.07) is 7.89. The van der Waals surface area contributed by atoms with Gasteiger partial charge >= 0.3 is 0 Å². The number of hydrogen-bond donors (Lipinski definition) is 1. The van der Waals surface area contributed by atoms with Gasteiger partial charge in [0.15, 0.2) is 0 Å². The van der Waals surface area contributed by atoms with Gasteiger partial charge in [-0.15, -0.1) is 0 Å². The van der Waals surface area contributed by atoms with E-state index in [1.807, 2.05) is 32.0 Å². The van der Waals surface area contributed by atoms with Gasteiger partial charge in [0.2, 0.25) is 0 Å². The Labute approximate surface area is 149 Å². The summed E-state index contributed by atoms with van der Waals surface area (Å²) in [5.74, 6) is 3.78. The maximum Gasteiger partial charge on any atom is 0.258 e. The number of amides is 1. The van der Waals surface area contributed by atoms with Crippen molar-refractivity contribution in [2.24, 2.45) is 23.7 Å². The molecule has 4 saturated carbocycles. The van der Waals surface area contributed by atoms with Crippen molar-refractivity contribution in [3.8, 4) is 5.75 Å². The van der Waals surface area contributed by atoms with Crippen molar-refractivity contribution in [2.45, 2.75) is 64.1 Å². The van der Waals surface area contributed by atoms with Crippen molar-refractivity contribution in [3.05, 3.63) is 29.8 Å². The lowest BCUT2D eigenvalue weighted by Gasteiger charge is -2.65. The van der Waals surface area contributed by atoms with Gasteiger partial charge in [0, 0.05) is 12.1 Å². The number of phenols is 1. The number of rotatable bonds is 3. The number of carbonyl (C=O) groups excluding carboxylic acids is 1. The number of aromatic hydroxyl groups is 1. The number of para-hydroxylation sites is 1. The van der Waals surface area contributed by atoms with Gasteiger partial charge in [-0.2, -0.15) is 5.01 Å². The van der Waals surface area contributed by atoms with E-state index in [0.717, 1.165) is 17.4 Å². The van der Waals surface area contributed by atoms with Crippen molar-refractivity contribution in [3.63, 3.8) is 0 Å². The molecule has 4 aliphatic carbocycles. The number of hydrazine groups is 1. The van der Waals surface area contributed by atoms with E-state index in [1.54, 1.807) is 6.07 Å². The molecule has 4 nitrogen and oxygen atoms in total. The van der Waals surface area contributed by atoms with Crippen LogP contribution < -0.4 is 0 Å². The third-order valence-corrected chi connectivity index (χ3v) is 7.41. The summed E-state index contributed by atoms with van der Waals surface area (Å²) in [6.07, 6.45) is 6.68. The van der Waals surface area contributed by atoms with Gasteiger partial charge in [-0.25, -0.2) is 0 Å². The molecule has 4 bridgehead atoms. The molecule has 25 heavy (non-hydrogen) atoms. The first-order chi connectivity index (χ1) is 11.9. The minimum Gasteiger partial charge on any atom is -0.508 e.